The second kappa shape index (κ2) is 6.35. The Morgan fingerprint density at radius 1 is 1.42 bits per heavy atom. The lowest BCUT2D eigenvalue weighted by molar-refractivity contribution is 0.0875. The standard InChI is InChI=1S/C15H25FN2O/c1-6-18(10-15(3,4)19)14-8-7-12(16)9-13(14)11(2)17-5/h7-9,11,17,19H,6,10H2,1-5H3. The Hall–Kier alpha value is -1.13. The molecule has 108 valence electrons. The van der Waals surface area contributed by atoms with Crippen LogP contribution in [0, 0.1) is 5.82 Å². The first kappa shape index (κ1) is 15.9. The van der Waals surface area contributed by atoms with Crippen molar-refractivity contribution in [3.63, 3.8) is 0 Å². The van der Waals surface area contributed by atoms with Crippen LogP contribution in [-0.2, 0) is 0 Å². The predicted molar refractivity (Wildman–Crippen MR) is 78.1 cm³/mol. The second-order valence-corrected chi connectivity index (χ2v) is 5.54. The van der Waals surface area contributed by atoms with E-state index in [1.807, 2.05) is 20.9 Å². The van der Waals surface area contributed by atoms with E-state index in [9.17, 15) is 9.50 Å². The van der Waals surface area contributed by atoms with Gasteiger partial charge in [0.05, 0.1) is 5.60 Å². The molecule has 1 aromatic rings. The van der Waals surface area contributed by atoms with Gasteiger partial charge in [-0.2, -0.15) is 0 Å². The van der Waals surface area contributed by atoms with E-state index in [0.29, 0.717) is 6.54 Å². The van der Waals surface area contributed by atoms with Crippen LogP contribution < -0.4 is 10.2 Å². The molecular weight excluding hydrogens is 243 g/mol. The highest BCUT2D eigenvalue weighted by atomic mass is 19.1. The summed E-state index contributed by atoms with van der Waals surface area (Å²) in [6.45, 7) is 8.86. The van der Waals surface area contributed by atoms with Crippen molar-refractivity contribution in [3.05, 3.63) is 29.6 Å². The molecule has 0 bridgehead atoms. The number of hydrogen-bond acceptors (Lipinski definition) is 3. The third-order valence-electron chi connectivity index (χ3n) is 3.19. The number of likely N-dealkylation sites (N-methyl/N-ethyl adjacent to an activating group) is 1. The summed E-state index contributed by atoms with van der Waals surface area (Å²) >= 11 is 0. The van der Waals surface area contributed by atoms with Gasteiger partial charge in [-0.15, -0.1) is 0 Å². The van der Waals surface area contributed by atoms with Gasteiger partial charge in [0.2, 0.25) is 0 Å². The fraction of sp³-hybridized carbons (Fsp3) is 0.600. The quantitative estimate of drug-likeness (QED) is 0.832. The number of nitrogens with zero attached hydrogens (tertiary/aromatic N) is 1. The van der Waals surface area contributed by atoms with E-state index in [0.717, 1.165) is 17.8 Å². The highest BCUT2D eigenvalue weighted by molar-refractivity contribution is 5.55. The SMILES string of the molecule is CCN(CC(C)(C)O)c1ccc(F)cc1C(C)NC. The molecule has 0 aliphatic rings. The molecule has 4 heteroatoms. The maximum Gasteiger partial charge on any atom is 0.123 e. The van der Waals surface area contributed by atoms with Gasteiger partial charge in [0.25, 0.3) is 0 Å². The smallest absolute Gasteiger partial charge is 0.123 e. The van der Waals surface area contributed by atoms with Crippen LogP contribution >= 0.6 is 0 Å². The van der Waals surface area contributed by atoms with E-state index in [-0.39, 0.29) is 11.9 Å². The van der Waals surface area contributed by atoms with Crippen LogP contribution in [0.2, 0.25) is 0 Å². The first-order valence-corrected chi connectivity index (χ1v) is 6.72. The maximum absolute atomic E-state index is 13.5. The molecule has 3 nitrogen and oxygen atoms in total. The molecule has 0 aromatic heterocycles. The van der Waals surface area contributed by atoms with Crippen LogP contribution in [0.15, 0.2) is 18.2 Å². The molecule has 1 rings (SSSR count). The van der Waals surface area contributed by atoms with Gasteiger partial charge in [-0.1, -0.05) is 0 Å². The normalized spacial score (nSPS) is 13.4. The zero-order chi connectivity index (χ0) is 14.6. The molecule has 0 amide bonds. The Bertz CT molecular complexity index is 415. The van der Waals surface area contributed by atoms with Crippen LogP contribution in [0.25, 0.3) is 0 Å². The van der Waals surface area contributed by atoms with Crippen molar-refractivity contribution in [1.82, 2.24) is 5.32 Å². The third kappa shape index (κ3) is 4.48. The summed E-state index contributed by atoms with van der Waals surface area (Å²) in [4.78, 5) is 2.07. The lowest BCUT2D eigenvalue weighted by Crippen LogP contribution is -2.39. The van der Waals surface area contributed by atoms with Crippen molar-refractivity contribution in [1.29, 1.82) is 0 Å². The van der Waals surface area contributed by atoms with Crippen molar-refractivity contribution >= 4 is 5.69 Å². The minimum absolute atomic E-state index is 0.0570. The van der Waals surface area contributed by atoms with Crippen molar-refractivity contribution in [3.8, 4) is 0 Å². The second-order valence-electron chi connectivity index (χ2n) is 5.54. The summed E-state index contributed by atoms with van der Waals surface area (Å²) < 4.78 is 13.5. The molecular formula is C15H25FN2O. The molecule has 0 saturated carbocycles. The predicted octanol–water partition coefficient (Wildman–Crippen LogP) is 2.70. The lowest BCUT2D eigenvalue weighted by atomic mass is 10.0. The maximum atomic E-state index is 13.5. The summed E-state index contributed by atoms with van der Waals surface area (Å²) in [7, 11) is 1.85. The number of hydrogen-bond donors (Lipinski definition) is 2. The van der Waals surface area contributed by atoms with Gasteiger partial charge in [0.15, 0.2) is 0 Å². The van der Waals surface area contributed by atoms with Gasteiger partial charge in [0, 0.05) is 24.8 Å². The first-order chi connectivity index (χ1) is 8.78. The van der Waals surface area contributed by atoms with Crippen LogP contribution in [0.5, 0.6) is 0 Å². The molecule has 0 saturated heterocycles. The zero-order valence-corrected chi connectivity index (χ0v) is 12.5. The minimum Gasteiger partial charge on any atom is -0.389 e. The average Bonchev–Trinajstić information content (AvgIpc) is 2.34. The van der Waals surface area contributed by atoms with Crippen LogP contribution in [0.4, 0.5) is 10.1 Å². The fourth-order valence-electron chi connectivity index (χ4n) is 2.15. The lowest BCUT2D eigenvalue weighted by Gasteiger charge is -2.32. The number of nitrogens with one attached hydrogen (secondary N) is 1. The van der Waals surface area contributed by atoms with E-state index in [2.05, 4.69) is 10.2 Å². The Morgan fingerprint density at radius 3 is 2.53 bits per heavy atom. The summed E-state index contributed by atoms with van der Waals surface area (Å²) in [5.41, 5.74) is 1.09. The van der Waals surface area contributed by atoms with Gasteiger partial charge in [-0.05, 0) is 58.5 Å². The molecule has 0 aliphatic heterocycles. The summed E-state index contributed by atoms with van der Waals surface area (Å²) in [6, 6.07) is 4.87. The van der Waals surface area contributed by atoms with E-state index in [1.165, 1.54) is 6.07 Å². The number of anilines is 1. The van der Waals surface area contributed by atoms with Crippen LogP contribution in [-0.4, -0.2) is 30.8 Å². The first-order valence-electron chi connectivity index (χ1n) is 6.72. The number of halogens is 1. The summed E-state index contributed by atoms with van der Waals surface area (Å²) in [5, 5.41) is 13.1. The Balaban J connectivity index is 3.15. The van der Waals surface area contributed by atoms with Crippen molar-refractivity contribution in [2.45, 2.75) is 39.3 Å². The molecule has 1 aromatic carbocycles. The molecule has 0 radical (unpaired) electrons. The Kier molecular flexibility index (Phi) is 5.32. The largest absolute Gasteiger partial charge is 0.389 e. The van der Waals surface area contributed by atoms with E-state index in [1.54, 1.807) is 26.0 Å². The Morgan fingerprint density at radius 2 is 2.05 bits per heavy atom. The van der Waals surface area contributed by atoms with Crippen LogP contribution in [0.3, 0.4) is 0 Å². The van der Waals surface area contributed by atoms with Gasteiger partial charge >= 0.3 is 0 Å². The van der Waals surface area contributed by atoms with E-state index in [4.69, 9.17) is 0 Å². The topological polar surface area (TPSA) is 35.5 Å². The third-order valence-corrected chi connectivity index (χ3v) is 3.19. The van der Waals surface area contributed by atoms with Gasteiger partial charge in [0.1, 0.15) is 5.82 Å². The molecule has 0 spiro atoms. The molecule has 0 aliphatic carbocycles. The molecule has 1 atom stereocenters. The monoisotopic (exact) mass is 268 g/mol. The average molecular weight is 268 g/mol. The highest BCUT2D eigenvalue weighted by Crippen LogP contribution is 2.28. The van der Waals surface area contributed by atoms with Crippen LogP contribution in [0.1, 0.15) is 39.3 Å². The number of aliphatic hydroxyl groups is 1. The Labute approximate surface area is 115 Å². The number of benzene rings is 1. The minimum atomic E-state index is -0.787. The fourth-order valence-corrected chi connectivity index (χ4v) is 2.15. The van der Waals surface area contributed by atoms with E-state index >= 15 is 0 Å². The van der Waals surface area contributed by atoms with Gasteiger partial charge in [-0.3, -0.25) is 0 Å². The van der Waals surface area contributed by atoms with Crippen molar-refractivity contribution in [2.75, 3.05) is 25.0 Å². The molecule has 0 fully saturated rings. The van der Waals surface area contributed by atoms with Gasteiger partial charge in [-0.25, -0.2) is 4.39 Å². The number of rotatable bonds is 6. The summed E-state index contributed by atoms with van der Waals surface area (Å²) in [5.74, 6) is -0.236. The molecule has 0 heterocycles. The molecule has 2 N–H and O–H groups in total. The highest BCUT2D eigenvalue weighted by Gasteiger charge is 2.21. The van der Waals surface area contributed by atoms with Crippen molar-refractivity contribution < 1.29 is 9.50 Å². The molecule has 1 unspecified atom stereocenters. The van der Waals surface area contributed by atoms with E-state index < -0.39 is 5.60 Å². The zero-order valence-electron chi connectivity index (χ0n) is 12.5. The molecule has 19 heavy (non-hydrogen) atoms. The summed E-state index contributed by atoms with van der Waals surface area (Å²) in [6.07, 6.45) is 0. The van der Waals surface area contributed by atoms with Gasteiger partial charge < -0.3 is 15.3 Å². The van der Waals surface area contributed by atoms with Crippen molar-refractivity contribution in [2.24, 2.45) is 0 Å².